The lowest BCUT2D eigenvalue weighted by atomic mass is 9.67. The zero-order valence-electron chi connectivity index (χ0n) is 23.9. The van der Waals surface area contributed by atoms with E-state index in [2.05, 4.69) is 28.7 Å². The van der Waals surface area contributed by atoms with Gasteiger partial charge in [-0.15, -0.1) is 0 Å². The Kier molecular flexibility index (Phi) is 7.79. The van der Waals surface area contributed by atoms with Crippen molar-refractivity contribution in [3.63, 3.8) is 0 Å². The molecule has 2 heterocycles. The zero-order valence-corrected chi connectivity index (χ0v) is 25.5. The van der Waals surface area contributed by atoms with E-state index in [9.17, 15) is 18.3 Å². The van der Waals surface area contributed by atoms with Gasteiger partial charge in [0.15, 0.2) is 0 Å². The molecule has 2 aromatic rings. The number of nitrogens with one attached hydrogen (secondary N) is 1. The molecular weight excluding hydrogens is 560 g/mol. The normalized spacial score (nSPS) is 33.4. The average molecular weight is 601 g/mol. The highest BCUT2D eigenvalue weighted by Gasteiger charge is 2.44. The van der Waals surface area contributed by atoms with Crippen molar-refractivity contribution >= 4 is 33.2 Å². The monoisotopic (exact) mass is 600 g/mol. The fourth-order valence-electron chi connectivity index (χ4n) is 7.92. The lowest BCUT2D eigenvalue weighted by molar-refractivity contribution is 0.000591. The number of hydrogen-bond donors (Lipinski definition) is 2. The maximum Gasteiger partial charge on any atom is 0.264 e. The van der Waals surface area contributed by atoms with Gasteiger partial charge in [-0.05, 0) is 110 Å². The Balaban J connectivity index is 1.41. The van der Waals surface area contributed by atoms with Gasteiger partial charge in [0, 0.05) is 29.1 Å². The van der Waals surface area contributed by atoms with Crippen molar-refractivity contribution in [2.45, 2.75) is 70.3 Å². The van der Waals surface area contributed by atoms with E-state index < -0.39 is 22.0 Å². The fourth-order valence-corrected chi connectivity index (χ4v) is 9.48. The van der Waals surface area contributed by atoms with Gasteiger partial charge in [0.25, 0.3) is 5.91 Å². The molecule has 2 N–H and O–H groups in total. The first-order chi connectivity index (χ1) is 19.5. The molecule has 1 fully saturated rings. The number of anilines is 1. The van der Waals surface area contributed by atoms with Crippen LogP contribution in [0.5, 0.6) is 5.75 Å². The molecule has 222 valence electrons. The number of sulfonamides is 1. The maximum atomic E-state index is 13.2. The van der Waals surface area contributed by atoms with Crippen molar-refractivity contribution in [1.82, 2.24) is 4.72 Å². The van der Waals surface area contributed by atoms with E-state index in [0.717, 1.165) is 49.4 Å². The minimum absolute atomic E-state index is 0.128. The summed E-state index contributed by atoms with van der Waals surface area (Å²) in [6.07, 6.45) is 5.96. The molecule has 1 spiro atoms. The number of carbonyl (C=O) groups is 1. The van der Waals surface area contributed by atoms with E-state index in [1.54, 1.807) is 18.2 Å². The van der Waals surface area contributed by atoms with Crippen molar-refractivity contribution in [1.29, 1.82) is 0 Å². The van der Waals surface area contributed by atoms with E-state index in [4.69, 9.17) is 16.3 Å². The topological polar surface area (TPSA) is 95.9 Å². The molecule has 2 aliphatic carbocycles. The summed E-state index contributed by atoms with van der Waals surface area (Å²) < 4.78 is 34.7. The second-order valence-electron chi connectivity index (χ2n) is 13.3. The first-order valence-corrected chi connectivity index (χ1v) is 17.1. The Morgan fingerprint density at radius 1 is 1.10 bits per heavy atom. The van der Waals surface area contributed by atoms with Gasteiger partial charge in [-0.1, -0.05) is 31.5 Å². The lowest BCUT2D eigenvalue weighted by Gasteiger charge is -2.46. The molecule has 0 aromatic heterocycles. The number of amides is 1. The minimum atomic E-state index is -3.82. The zero-order chi connectivity index (χ0) is 28.9. The van der Waals surface area contributed by atoms with Crippen molar-refractivity contribution in [2.75, 3.05) is 30.3 Å². The number of benzene rings is 2. The van der Waals surface area contributed by atoms with Crippen LogP contribution in [0.1, 0.15) is 73.9 Å². The van der Waals surface area contributed by atoms with Gasteiger partial charge in [-0.2, -0.15) is 0 Å². The van der Waals surface area contributed by atoms with E-state index in [0.29, 0.717) is 43.2 Å². The van der Waals surface area contributed by atoms with Gasteiger partial charge in [-0.3, -0.25) is 4.79 Å². The van der Waals surface area contributed by atoms with E-state index in [-0.39, 0.29) is 28.9 Å². The van der Waals surface area contributed by atoms with Crippen LogP contribution in [0, 0.1) is 23.7 Å². The molecule has 9 heteroatoms. The van der Waals surface area contributed by atoms with Crippen LogP contribution in [-0.4, -0.2) is 51.0 Å². The highest BCUT2D eigenvalue weighted by Crippen LogP contribution is 2.47. The van der Waals surface area contributed by atoms with E-state index in [1.165, 1.54) is 11.1 Å². The Morgan fingerprint density at radius 2 is 1.93 bits per heavy atom. The molecule has 1 amide bonds. The number of fused-ring (bicyclic) bond motifs is 4. The molecule has 2 aromatic carbocycles. The summed E-state index contributed by atoms with van der Waals surface area (Å²) in [5.74, 6) is 0.536. The summed E-state index contributed by atoms with van der Waals surface area (Å²) in [6.45, 7) is 5.95. The van der Waals surface area contributed by atoms with Crippen LogP contribution in [0.15, 0.2) is 36.4 Å². The first-order valence-electron chi connectivity index (χ1n) is 15.1. The number of rotatable bonds is 0. The van der Waals surface area contributed by atoms with Crippen LogP contribution in [0.25, 0.3) is 0 Å². The van der Waals surface area contributed by atoms with Crippen LogP contribution in [0.3, 0.4) is 0 Å². The maximum absolute atomic E-state index is 13.2. The molecule has 7 nitrogen and oxygen atoms in total. The number of ether oxygens (including phenoxy) is 1. The molecular formula is C32H41ClN2O5S. The van der Waals surface area contributed by atoms with Gasteiger partial charge < -0.3 is 14.7 Å². The predicted molar refractivity (Wildman–Crippen MR) is 161 cm³/mol. The highest BCUT2D eigenvalue weighted by molar-refractivity contribution is 7.90. The Bertz CT molecular complexity index is 1430. The standard InChI is InChI=1S/C32H41ClN2O5S/c1-20-12-21(2)17-41(38,39)34-31(37)23-6-10-30-28(15-23)35(16-24-5-8-26(24)29(36)13-20)18-32(19-40-30)11-3-4-22-14-25(33)7-9-27(22)32/h6-7,9-10,14-15,20-21,24,26,29,36H,3-5,8,11-13,16-19H2,1-2H3,(H,34,37)/t20-,21-,24-,26+,29+,32-/m0/s1. The third kappa shape index (κ3) is 5.84. The molecule has 41 heavy (non-hydrogen) atoms. The highest BCUT2D eigenvalue weighted by atomic mass is 35.5. The number of aliphatic hydroxyl groups is 1. The van der Waals surface area contributed by atoms with Crippen molar-refractivity contribution in [3.8, 4) is 5.75 Å². The minimum Gasteiger partial charge on any atom is -0.490 e. The summed E-state index contributed by atoms with van der Waals surface area (Å²) >= 11 is 6.38. The van der Waals surface area contributed by atoms with Crippen LogP contribution >= 0.6 is 11.6 Å². The average Bonchev–Trinajstić information content (AvgIpc) is 3.02. The SMILES string of the molecule is C[C@H]1C[C@H](C)CS(=O)(=O)NC(=O)c2ccc3c(c2)N(C[C@@H]2CC[C@H]2[C@H](O)C1)C[C@@]1(CCCc2cc(Cl)ccc21)CO3. The molecule has 2 bridgehead atoms. The van der Waals surface area contributed by atoms with Crippen LogP contribution < -0.4 is 14.4 Å². The number of hydrogen-bond acceptors (Lipinski definition) is 6. The Hall–Kier alpha value is -2.29. The largest absolute Gasteiger partial charge is 0.490 e. The molecule has 0 unspecified atom stereocenters. The van der Waals surface area contributed by atoms with Crippen LogP contribution in [0.2, 0.25) is 5.02 Å². The van der Waals surface area contributed by atoms with Gasteiger partial charge in [0.05, 0.1) is 24.2 Å². The number of aryl methyl sites for hydroxylation is 1. The molecule has 6 atom stereocenters. The molecule has 0 radical (unpaired) electrons. The predicted octanol–water partition coefficient (Wildman–Crippen LogP) is 5.33. The summed E-state index contributed by atoms with van der Waals surface area (Å²) in [5, 5.41) is 12.0. The summed E-state index contributed by atoms with van der Waals surface area (Å²) in [6, 6.07) is 11.4. The third-order valence-electron chi connectivity index (χ3n) is 9.93. The molecule has 4 aliphatic rings. The van der Waals surface area contributed by atoms with E-state index in [1.807, 2.05) is 13.0 Å². The third-order valence-corrected chi connectivity index (χ3v) is 11.7. The Morgan fingerprint density at radius 3 is 2.71 bits per heavy atom. The van der Waals surface area contributed by atoms with Crippen LogP contribution in [0.4, 0.5) is 5.69 Å². The number of nitrogens with zero attached hydrogens (tertiary/aromatic N) is 1. The van der Waals surface area contributed by atoms with E-state index >= 15 is 0 Å². The van der Waals surface area contributed by atoms with Crippen molar-refractivity contribution in [3.05, 3.63) is 58.1 Å². The molecule has 0 saturated heterocycles. The number of halogens is 1. The van der Waals surface area contributed by atoms with Crippen LogP contribution in [-0.2, 0) is 21.9 Å². The summed E-state index contributed by atoms with van der Waals surface area (Å²) in [7, 11) is -3.82. The van der Waals surface area contributed by atoms with Crippen molar-refractivity contribution < 1.29 is 23.1 Å². The molecule has 2 aliphatic heterocycles. The molecule has 1 saturated carbocycles. The van der Waals surface area contributed by atoms with Gasteiger partial charge in [0.2, 0.25) is 10.0 Å². The van der Waals surface area contributed by atoms with Gasteiger partial charge in [0.1, 0.15) is 5.75 Å². The lowest BCUT2D eigenvalue weighted by Crippen LogP contribution is -2.49. The number of carbonyl (C=O) groups excluding carboxylic acids is 1. The second kappa shape index (κ2) is 11.1. The Labute approximate surface area is 248 Å². The molecule has 6 rings (SSSR count). The first kappa shape index (κ1) is 28.8. The fraction of sp³-hybridized carbons (Fsp3) is 0.594. The quantitative estimate of drug-likeness (QED) is 0.425. The van der Waals surface area contributed by atoms with Gasteiger partial charge >= 0.3 is 0 Å². The smallest absolute Gasteiger partial charge is 0.264 e. The summed E-state index contributed by atoms with van der Waals surface area (Å²) in [5.41, 5.74) is 3.39. The second-order valence-corrected chi connectivity index (χ2v) is 15.5. The van der Waals surface area contributed by atoms with Gasteiger partial charge in [-0.25, -0.2) is 13.1 Å². The number of aliphatic hydroxyl groups excluding tert-OH is 1. The van der Waals surface area contributed by atoms with Crippen molar-refractivity contribution in [2.24, 2.45) is 23.7 Å². The summed E-state index contributed by atoms with van der Waals surface area (Å²) in [4.78, 5) is 15.6.